The molecule has 0 saturated carbocycles. The van der Waals surface area contributed by atoms with Gasteiger partial charge in [-0.25, -0.2) is 0 Å². The van der Waals surface area contributed by atoms with Crippen LogP contribution in [0.1, 0.15) is 26.3 Å². The molecule has 1 heterocycles. The van der Waals surface area contributed by atoms with Gasteiger partial charge in [0.15, 0.2) is 0 Å². The van der Waals surface area contributed by atoms with Crippen LogP contribution in [0.5, 0.6) is 5.75 Å². The fourth-order valence-electron chi connectivity index (χ4n) is 1.97. The predicted octanol–water partition coefficient (Wildman–Crippen LogP) is 3.82. The van der Waals surface area contributed by atoms with Gasteiger partial charge in [0.1, 0.15) is 5.75 Å². The number of benzene rings is 1. The van der Waals surface area contributed by atoms with Crippen molar-refractivity contribution in [2.45, 2.75) is 32.5 Å². The summed E-state index contributed by atoms with van der Waals surface area (Å²) in [6, 6.07) is 6.29. The van der Waals surface area contributed by atoms with Gasteiger partial charge in [-0.3, -0.25) is 4.79 Å². The first-order chi connectivity index (χ1) is 10.1. The Balaban J connectivity index is 2.43. The van der Waals surface area contributed by atoms with E-state index in [4.69, 9.17) is 4.74 Å². The first kappa shape index (κ1) is 16.1. The van der Waals surface area contributed by atoms with Crippen LogP contribution in [-0.2, 0) is 4.79 Å². The van der Waals surface area contributed by atoms with Gasteiger partial charge in [0, 0.05) is 17.2 Å². The Morgan fingerprint density at radius 3 is 2.41 bits per heavy atom. The maximum Gasteiger partial charge on any atom is 0.449 e. The molecule has 118 valence electrons. The molecule has 0 saturated heterocycles. The molecule has 0 bridgehead atoms. The fourth-order valence-corrected chi connectivity index (χ4v) is 1.97. The summed E-state index contributed by atoms with van der Waals surface area (Å²) in [5.74, 6) is -1.52. The van der Waals surface area contributed by atoms with Gasteiger partial charge in [0.2, 0.25) is 11.7 Å². The van der Waals surface area contributed by atoms with Crippen LogP contribution in [-0.4, -0.2) is 17.6 Å². The molecule has 1 aliphatic rings. The van der Waals surface area contributed by atoms with Gasteiger partial charge >= 0.3 is 6.18 Å². The number of allylic oxidation sites excluding steroid dienone is 3. The standard InChI is InChI=1S/C16H16F3NO2/c1-15(2,3)20-14(21)9-10-8-13(16(17,18)19)22-12-7-5-4-6-11(10)12/h4-9H,1-3H3,(H,20,21)/b10-9-. The SMILES string of the molecule is CC(C)(C)NC(=O)/C=C1/C=C(C(F)(F)F)Oc2ccccc21. The van der Waals surface area contributed by atoms with Crippen LogP contribution < -0.4 is 10.1 Å². The summed E-state index contributed by atoms with van der Waals surface area (Å²) in [6.45, 7) is 5.37. The molecule has 1 amide bonds. The minimum atomic E-state index is -4.62. The molecule has 1 N–H and O–H groups in total. The third-order valence-corrected chi connectivity index (χ3v) is 2.77. The van der Waals surface area contributed by atoms with Crippen LogP contribution in [0.3, 0.4) is 0 Å². The van der Waals surface area contributed by atoms with Crippen molar-refractivity contribution < 1.29 is 22.7 Å². The molecule has 0 aromatic heterocycles. The molecule has 1 aliphatic heterocycles. The summed E-state index contributed by atoms with van der Waals surface area (Å²) in [5.41, 5.74) is 0.130. The van der Waals surface area contributed by atoms with Crippen molar-refractivity contribution in [1.29, 1.82) is 0 Å². The van der Waals surface area contributed by atoms with E-state index >= 15 is 0 Å². The molecule has 0 fully saturated rings. The number of carbonyl (C=O) groups excluding carboxylic acids is 1. The Morgan fingerprint density at radius 2 is 1.82 bits per heavy atom. The average Bonchev–Trinajstić information content (AvgIpc) is 2.35. The predicted molar refractivity (Wildman–Crippen MR) is 77.1 cm³/mol. The van der Waals surface area contributed by atoms with Gasteiger partial charge in [-0.15, -0.1) is 0 Å². The number of ether oxygens (including phenoxy) is 1. The molecule has 0 aliphatic carbocycles. The highest BCUT2D eigenvalue weighted by molar-refractivity contribution is 5.99. The van der Waals surface area contributed by atoms with Crippen molar-refractivity contribution in [2.75, 3.05) is 0 Å². The maximum absolute atomic E-state index is 12.9. The van der Waals surface area contributed by atoms with Crippen LogP contribution in [0.2, 0.25) is 0 Å². The van der Waals surface area contributed by atoms with Crippen molar-refractivity contribution in [1.82, 2.24) is 5.32 Å². The zero-order valence-electron chi connectivity index (χ0n) is 12.4. The number of para-hydroxylation sites is 1. The minimum Gasteiger partial charge on any atom is -0.451 e. The van der Waals surface area contributed by atoms with E-state index in [1.165, 1.54) is 6.07 Å². The lowest BCUT2D eigenvalue weighted by atomic mass is 10.0. The van der Waals surface area contributed by atoms with Crippen LogP contribution in [0.25, 0.3) is 5.57 Å². The third-order valence-electron chi connectivity index (χ3n) is 2.77. The van der Waals surface area contributed by atoms with Gasteiger partial charge in [-0.05, 0) is 38.5 Å². The summed E-state index contributed by atoms with van der Waals surface area (Å²) >= 11 is 0. The zero-order valence-corrected chi connectivity index (χ0v) is 12.4. The molecule has 0 radical (unpaired) electrons. The van der Waals surface area contributed by atoms with Crippen LogP contribution in [0.4, 0.5) is 13.2 Å². The highest BCUT2D eigenvalue weighted by atomic mass is 19.4. The fraction of sp³-hybridized carbons (Fsp3) is 0.312. The van der Waals surface area contributed by atoms with Crippen LogP contribution in [0.15, 0.2) is 42.2 Å². The van der Waals surface area contributed by atoms with E-state index in [9.17, 15) is 18.0 Å². The number of carbonyl (C=O) groups is 1. The number of fused-ring (bicyclic) bond motifs is 1. The quantitative estimate of drug-likeness (QED) is 0.801. The number of hydrogen-bond donors (Lipinski definition) is 1. The normalized spacial score (nSPS) is 16.6. The Kier molecular flexibility index (Phi) is 4.04. The maximum atomic E-state index is 12.9. The molecular weight excluding hydrogens is 295 g/mol. The molecule has 1 aromatic carbocycles. The van der Waals surface area contributed by atoms with E-state index in [-0.39, 0.29) is 11.3 Å². The molecule has 1 aromatic rings. The molecule has 22 heavy (non-hydrogen) atoms. The number of alkyl halides is 3. The summed E-state index contributed by atoms with van der Waals surface area (Å²) in [4.78, 5) is 12.0. The van der Waals surface area contributed by atoms with Crippen LogP contribution in [0, 0.1) is 0 Å². The Bertz CT molecular complexity index is 652. The number of hydrogen-bond acceptors (Lipinski definition) is 2. The van der Waals surface area contributed by atoms with E-state index in [0.717, 1.165) is 12.2 Å². The molecule has 6 heteroatoms. The highest BCUT2D eigenvalue weighted by Crippen LogP contribution is 2.39. The number of amides is 1. The number of halogens is 3. The topological polar surface area (TPSA) is 38.3 Å². The second-order valence-corrected chi connectivity index (χ2v) is 5.94. The summed E-state index contributed by atoms with van der Waals surface area (Å²) in [7, 11) is 0. The molecule has 0 unspecified atom stereocenters. The first-order valence-electron chi connectivity index (χ1n) is 6.66. The lowest BCUT2D eigenvalue weighted by Crippen LogP contribution is -2.39. The van der Waals surface area contributed by atoms with Gasteiger partial charge in [0.05, 0.1) is 0 Å². The average molecular weight is 311 g/mol. The van der Waals surface area contributed by atoms with Crippen molar-refractivity contribution in [2.24, 2.45) is 0 Å². The van der Waals surface area contributed by atoms with Gasteiger partial charge < -0.3 is 10.1 Å². The lowest BCUT2D eigenvalue weighted by Gasteiger charge is -2.22. The van der Waals surface area contributed by atoms with E-state index in [0.29, 0.717) is 5.56 Å². The highest BCUT2D eigenvalue weighted by Gasteiger charge is 2.39. The molecule has 0 spiro atoms. The number of nitrogens with one attached hydrogen (secondary N) is 1. The second-order valence-electron chi connectivity index (χ2n) is 5.94. The summed E-state index contributed by atoms with van der Waals surface area (Å²) < 4.78 is 43.6. The summed E-state index contributed by atoms with van der Waals surface area (Å²) in [6.07, 6.45) is -2.63. The van der Waals surface area contributed by atoms with Crippen molar-refractivity contribution >= 4 is 11.5 Å². The van der Waals surface area contributed by atoms with E-state index in [1.54, 1.807) is 39.0 Å². The van der Waals surface area contributed by atoms with E-state index < -0.39 is 23.4 Å². The molecule has 0 atom stereocenters. The molecule has 3 nitrogen and oxygen atoms in total. The van der Waals surface area contributed by atoms with Crippen LogP contribution >= 0.6 is 0 Å². The lowest BCUT2D eigenvalue weighted by molar-refractivity contribution is -0.118. The number of rotatable bonds is 1. The van der Waals surface area contributed by atoms with E-state index in [2.05, 4.69) is 5.32 Å². The van der Waals surface area contributed by atoms with Gasteiger partial charge in [-0.1, -0.05) is 18.2 Å². The smallest absolute Gasteiger partial charge is 0.449 e. The first-order valence-corrected chi connectivity index (χ1v) is 6.66. The Morgan fingerprint density at radius 1 is 1.18 bits per heavy atom. The van der Waals surface area contributed by atoms with Gasteiger partial charge in [-0.2, -0.15) is 13.2 Å². The summed E-state index contributed by atoms with van der Waals surface area (Å²) in [5, 5.41) is 2.68. The minimum absolute atomic E-state index is 0.0760. The Labute approximate surface area is 126 Å². The van der Waals surface area contributed by atoms with Crippen molar-refractivity contribution in [3.63, 3.8) is 0 Å². The Hall–Kier alpha value is -2.24. The monoisotopic (exact) mass is 311 g/mol. The van der Waals surface area contributed by atoms with Crippen molar-refractivity contribution in [3.05, 3.63) is 47.7 Å². The van der Waals surface area contributed by atoms with E-state index in [1.807, 2.05) is 0 Å². The van der Waals surface area contributed by atoms with Gasteiger partial charge in [0.25, 0.3) is 0 Å². The molecule has 2 rings (SSSR count). The largest absolute Gasteiger partial charge is 0.451 e. The zero-order chi connectivity index (χ0) is 16.5. The molecular formula is C16H16F3NO2. The second kappa shape index (κ2) is 5.51. The van der Waals surface area contributed by atoms with Crippen molar-refractivity contribution in [3.8, 4) is 5.75 Å². The third kappa shape index (κ3) is 3.90.